The number of aromatic nitrogens is 4. The quantitative estimate of drug-likeness (QED) is 0.321. The van der Waals surface area contributed by atoms with Gasteiger partial charge in [-0.05, 0) is 68.9 Å². The zero-order valence-corrected chi connectivity index (χ0v) is 24.0. The standard InChI is InChI=1S/C31H41FN6O3/c1-21(2)19-38-20-24(18-35-38)23-16-33-31(34-17-23)37-12-10-22(11-13-37)5-4-14-41-25-8-9-26(27(32)15-25)30(40)36-28-6-3-7-29(28)39/h8-9,15-18,20-22,28-29,39H,3-7,10-14,19H2,1-2H3,(H,36,40)/t28-,29+/m1/s1. The molecule has 2 atom stereocenters. The number of amides is 1. The summed E-state index contributed by atoms with van der Waals surface area (Å²) in [5.74, 6) is 1.22. The number of halogens is 1. The van der Waals surface area contributed by atoms with Crippen molar-refractivity contribution in [3.63, 3.8) is 0 Å². The third kappa shape index (κ3) is 7.61. The molecule has 1 aromatic carbocycles. The van der Waals surface area contributed by atoms with Crippen LogP contribution in [0.5, 0.6) is 5.75 Å². The van der Waals surface area contributed by atoms with Gasteiger partial charge in [0.25, 0.3) is 5.91 Å². The minimum atomic E-state index is -0.615. The molecule has 2 aliphatic rings. The molecule has 9 nitrogen and oxygen atoms in total. The molecule has 1 saturated heterocycles. The molecule has 2 aromatic heterocycles. The third-order valence-corrected chi connectivity index (χ3v) is 8.06. The van der Waals surface area contributed by atoms with Crippen molar-refractivity contribution in [2.75, 3.05) is 24.6 Å². The van der Waals surface area contributed by atoms with Crippen LogP contribution in [0.2, 0.25) is 0 Å². The lowest BCUT2D eigenvalue weighted by molar-refractivity contribution is 0.0869. The van der Waals surface area contributed by atoms with Crippen molar-refractivity contribution >= 4 is 11.9 Å². The maximum Gasteiger partial charge on any atom is 0.254 e. The van der Waals surface area contributed by atoms with Gasteiger partial charge < -0.3 is 20.1 Å². The smallest absolute Gasteiger partial charge is 0.254 e. The van der Waals surface area contributed by atoms with Gasteiger partial charge in [-0.1, -0.05) is 13.8 Å². The highest BCUT2D eigenvalue weighted by atomic mass is 19.1. The molecule has 1 amide bonds. The number of ether oxygens (including phenoxy) is 1. The summed E-state index contributed by atoms with van der Waals surface area (Å²) >= 11 is 0. The van der Waals surface area contributed by atoms with Gasteiger partial charge in [-0.15, -0.1) is 0 Å². The number of hydrogen-bond donors (Lipinski definition) is 2. The first-order chi connectivity index (χ1) is 19.9. The Morgan fingerprint density at radius 2 is 1.90 bits per heavy atom. The molecule has 10 heteroatoms. The van der Waals surface area contributed by atoms with E-state index in [-0.39, 0.29) is 11.6 Å². The van der Waals surface area contributed by atoms with Crippen LogP contribution in [0.25, 0.3) is 11.1 Å². The van der Waals surface area contributed by atoms with Gasteiger partial charge in [0.05, 0.1) is 30.5 Å². The molecular formula is C31H41FN6O3. The number of carbonyl (C=O) groups excluding carboxylic acids is 1. The van der Waals surface area contributed by atoms with Crippen LogP contribution in [-0.4, -0.2) is 62.6 Å². The van der Waals surface area contributed by atoms with Gasteiger partial charge in [0.2, 0.25) is 5.95 Å². The number of aliphatic hydroxyl groups is 1. The van der Waals surface area contributed by atoms with Crippen LogP contribution in [0.1, 0.15) is 69.2 Å². The molecule has 0 radical (unpaired) electrons. The molecule has 3 aromatic rings. The van der Waals surface area contributed by atoms with Crippen molar-refractivity contribution in [2.45, 2.75) is 77.5 Å². The molecule has 3 heterocycles. The number of carbonyl (C=O) groups is 1. The van der Waals surface area contributed by atoms with Gasteiger partial charge in [0.1, 0.15) is 11.6 Å². The first kappa shape index (κ1) is 29.0. The summed E-state index contributed by atoms with van der Waals surface area (Å²) < 4.78 is 22.3. The second-order valence-electron chi connectivity index (χ2n) is 11.8. The Morgan fingerprint density at radius 1 is 1.12 bits per heavy atom. The fourth-order valence-electron chi connectivity index (χ4n) is 5.73. The first-order valence-electron chi connectivity index (χ1n) is 14.9. The highest BCUT2D eigenvalue weighted by Gasteiger charge is 2.27. The van der Waals surface area contributed by atoms with Crippen LogP contribution < -0.4 is 15.0 Å². The van der Waals surface area contributed by atoms with E-state index < -0.39 is 17.8 Å². The van der Waals surface area contributed by atoms with Gasteiger partial charge in [-0.2, -0.15) is 5.10 Å². The normalized spacial score (nSPS) is 19.6. The Hall–Kier alpha value is -3.53. The Morgan fingerprint density at radius 3 is 2.59 bits per heavy atom. The molecule has 0 bridgehead atoms. The predicted octanol–water partition coefficient (Wildman–Crippen LogP) is 4.85. The fraction of sp³-hybridized carbons (Fsp3) is 0.548. The van der Waals surface area contributed by atoms with Crippen molar-refractivity contribution in [2.24, 2.45) is 11.8 Å². The number of nitrogens with zero attached hydrogens (tertiary/aromatic N) is 5. The molecule has 1 saturated carbocycles. The highest BCUT2D eigenvalue weighted by molar-refractivity contribution is 5.94. The molecule has 2 fully saturated rings. The van der Waals surface area contributed by atoms with Crippen LogP contribution >= 0.6 is 0 Å². The van der Waals surface area contributed by atoms with Gasteiger partial charge in [0.15, 0.2) is 0 Å². The largest absolute Gasteiger partial charge is 0.493 e. The Balaban J connectivity index is 1.01. The van der Waals surface area contributed by atoms with Crippen molar-refractivity contribution in [1.82, 2.24) is 25.1 Å². The van der Waals surface area contributed by atoms with E-state index >= 15 is 0 Å². The Bertz CT molecular complexity index is 1290. The van der Waals surface area contributed by atoms with E-state index in [0.717, 1.165) is 68.8 Å². The van der Waals surface area contributed by atoms with Crippen LogP contribution in [0, 0.1) is 17.7 Å². The van der Waals surface area contributed by atoms with Crippen LogP contribution in [0.15, 0.2) is 43.0 Å². The second kappa shape index (κ2) is 13.4. The summed E-state index contributed by atoms with van der Waals surface area (Å²) in [6, 6.07) is 4.03. The maximum absolute atomic E-state index is 14.6. The highest BCUT2D eigenvalue weighted by Crippen LogP contribution is 2.26. The molecule has 1 aliphatic heterocycles. The monoisotopic (exact) mass is 564 g/mol. The number of hydrogen-bond acceptors (Lipinski definition) is 7. The van der Waals surface area contributed by atoms with E-state index in [1.54, 1.807) is 6.07 Å². The van der Waals surface area contributed by atoms with E-state index in [0.29, 0.717) is 37.0 Å². The zero-order valence-electron chi connectivity index (χ0n) is 24.0. The number of aliphatic hydroxyl groups excluding tert-OH is 1. The minimum Gasteiger partial charge on any atom is -0.493 e. The SMILES string of the molecule is CC(C)Cn1cc(-c2cnc(N3CCC(CCCOc4ccc(C(=O)N[C@@H]5CCC[C@@H]5O)c(F)c4)CC3)nc2)cn1. The molecule has 1 aliphatic carbocycles. The molecule has 2 N–H and O–H groups in total. The van der Waals surface area contributed by atoms with E-state index in [4.69, 9.17) is 4.74 Å². The van der Waals surface area contributed by atoms with Gasteiger partial charge in [-0.25, -0.2) is 14.4 Å². The Kier molecular flexibility index (Phi) is 9.49. The molecule has 0 unspecified atom stereocenters. The van der Waals surface area contributed by atoms with Crippen molar-refractivity contribution in [1.29, 1.82) is 0 Å². The van der Waals surface area contributed by atoms with Crippen LogP contribution in [-0.2, 0) is 6.54 Å². The number of rotatable bonds is 11. The van der Waals surface area contributed by atoms with Crippen molar-refractivity contribution < 1.29 is 19.0 Å². The molecule has 41 heavy (non-hydrogen) atoms. The Labute approximate surface area is 241 Å². The maximum atomic E-state index is 14.6. The molecule has 5 rings (SSSR count). The minimum absolute atomic E-state index is 0.0282. The van der Waals surface area contributed by atoms with Crippen molar-refractivity contribution in [3.05, 3.63) is 54.4 Å². The lowest BCUT2D eigenvalue weighted by Crippen LogP contribution is -2.40. The summed E-state index contributed by atoms with van der Waals surface area (Å²) in [5.41, 5.74) is 1.97. The van der Waals surface area contributed by atoms with Crippen LogP contribution in [0.4, 0.5) is 10.3 Å². The van der Waals surface area contributed by atoms with E-state index in [1.807, 2.05) is 29.5 Å². The lowest BCUT2D eigenvalue weighted by Gasteiger charge is -2.32. The number of nitrogens with one attached hydrogen (secondary N) is 1. The zero-order chi connectivity index (χ0) is 28.8. The second-order valence-corrected chi connectivity index (χ2v) is 11.8. The fourth-order valence-corrected chi connectivity index (χ4v) is 5.73. The van der Waals surface area contributed by atoms with Crippen molar-refractivity contribution in [3.8, 4) is 16.9 Å². The summed E-state index contributed by atoms with van der Waals surface area (Å²) in [5, 5.41) is 17.1. The van der Waals surface area contributed by atoms with Gasteiger partial charge in [0, 0.05) is 55.4 Å². The molecule has 220 valence electrons. The molecule has 0 spiro atoms. The average molecular weight is 565 g/mol. The summed E-state index contributed by atoms with van der Waals surface area (Å²) in [7, 11) is 0. The van der Waals surface area contributed by atoms with E-state index in [9.17, 15) is 14.3 Å². The molecular weight excluding hydrogens is 523 g/mol. The number of piperidine rings is 1. The van der Waals surface area contributed by atoms with E-state index in [2.05, 4.69) is 39.1 Å². The third-order valence-electron chi connectivity index (χ3n) is 8.06. The first-order valence-corrected chi connectivity index (χ1v) is 14.9. The number of benzene rings is 1. The van der Waals surface area contributed by atoms with Crippen LogP contribution in [0.3, 0.4) is 0 Å². The lowest BCUT2D eigenvalue weighted by atomic mass is 9.92. The topological polar surface area (TPSA) is 105 Å². The summed E-state index contributed by atoms with van der Waals surface area (Å²) in [4.78, 5) is 23.9. The van der Waals surface area contributed by atoms with Gasteiger partial charge in [-0.3, -0.25) is 9.48 Å². The van der Waals surface area contributed by atoms with Gasteiger partial charge >= 0.3 is 0 Å². The summed E-state index contributed by atoms with van der Waals surface area (Å²) in [6.45, 7) is 7.58. The number of anilines is 1. The predicted molar refractivity (Wildman–Crippen MR) is 155 cm³/mol. The summed E-state index contributed by atoms with van der Waals surface area (Å²) in [6.07, 6.45) is 13.4. The average Bonchev–Trinajstić information content (AvgIpc) is 3.60. The van der Waals surface area contributed by atoms with E-state index in [1.165, 1.54) is 12.1 Å².